The number of amides is 2. The number of pyridine rings is 1. The Balaban J connectivity index is 1.78. The molecule has 4 rings (SSSR count). The predicted molar refractivity (Wildman–Crippen MR) is 146 cm³/mol. The molecule has 2 amide bonds. The lowest BCUT2D eigenvalue weighted by molar-refractivity contribution is -0.114. The number of halogens is 2. The van der Waals surface area contributed by atoms with Crippen LogP contribution in [-0.2, 0) is 17.9 Å². The summed E-state index contributed by atoms with van der Waals surface area (Å²) in [6, 6.07) is 6.23. The van der Waals surface area contributed by atoms with E-state index in [1.165, 1.54) is 23.7 Å². The topological polar surface area (TPSA) is 137 Å². The van der Waals surface area contributed by atoms with Gasteiger partial charge in [-0.3, -0.25) is 23.9 Å². The molecule has 0 saturated carbocycles. The van der Waals surface area contributed by atoms with E-state index < -0.39 is 17.6 Å². The van der Waals surface area contributed by atoms with E-state index in [4.69, 9.17) is 33.7 Å². The van der Waals surface area contributed by atoms with Crippen molar-refractivity contribution in [2.45, 2.75) is 39.3 Å². The number of rotatable bonds is 10. The molecule has 2 aromatic heterocycles. The van der Waals surface area contributed by atoms with Crippen molar-refractivity contribution in [3.63, 3.8) is 0 Å². The van der Waals surface area contributed by atoms with E-state index in [0.717, 1.165) is 11.3 Å². The molecule has 0 radical (unpaired) electrons. The molecule has 1 aliphatic heterocycles. The lowest BCUT2D eigenvalue weighted by atomic mass is 10.1. The third-order valence-corrected chi connectivity index (χ3v) is 7.14. The number of carbonyl (C=O) groups excluding carboxylic acids is 2. The molecule has 0 saturated heterocycles. The molecular weight excluding hydrogens is 535 g/mol. The van der Waals surface area contributed by atoms with Crippen molar-refractivity contribution >= 4 is 63.7 Å². The SMILES string of the molecule is CCCCOc1c(N(C)C(=O)O)n(CCC(=O)c2ccc3n2CC(C(N)=O)=C3)c(=O)c2cc(Cl)c(Cl)cc12. The third kappa shape index (κ3) is 5.01. The minimum Gasteiger partial charge on any atom is -0.489 e. The Morgan fingerprint density at radius 3 is 2.47 bits per heavy atom. The van der Waals surface area contributed by atoms with Gasteiger partial charge in [0, 0.05) is 36.7 Å². The summed E-state index contributed by atoms with van der Waals surface area (Å²) in [7, 11) is 1.29. The molecular formula is C26H26Cl2N4O6. The lowest BCUT2D eigenvalue weighted by Crippen LogP contribution is -2.34. The minimum atomic E-state index is -1.32. The van der Waals surface area contributed by atoms with Gasteiger partial charge in [0.2, 0.25) is 5.91 Å². The second kappa shape index (κ2) is 10.9. The van der Waals surface area contributed by atoms with Crippen LogP contribution in [0, 0.1) is 0 Å². The van der Waals surface area contributed by atoms with E-state index in [-0.39, 0.29) is 58.9 Å². The summed E-state index contributed by atoms with van der Waals surface area (Å²) in [5.41, 5.74) is 6.25. The van der Waals surface area contributed by atoms with Gasteiger partial charge in [-0.05, 0) is 36.8 Å². The number of hydrogen-bond acceptors (Lipinski definition) is 5. The number of benzene rings is 1. The Morgan fingerprint density at radius 1 is 1.16 bits per heavy atom. The van der Waals surface area contributed by atoms with Crippen LogP contribution in [0.25, 0.3) is 16.8 Å². The van der Waals surface area contributed by atoms with Crippen LogP contribution in [0.5, 0.6) is 5.75 Å². The lowest BCUT2D eigenvalue weighted by Gasteiger charge is -2.24. The van der Waals surface area contributed by atoms with Gasteiger partial charge in [-0.25, -0.2) is 4.79 Å². The van der Waals surface area contributed by atoms with Crippen molar-refractivity contribution in [2.75, 3.05) is 18.6 Å². The Hall–Kier alpha value is -3.76. The molecule has 0 atom stereocenters. The minimum absolute atomic E-state index is 0.0182. The predicted octanol–water partition coefficient (Wildman–Crippen LogP) is 4.56. The van der Waals surface area contributed by atoms with Gasteiger partial charge in [0.1, 0.15) is 0 Å². The zero-order valence-corrected chi connectivity index (χ0v) is 22.3. The zero-order chi connectivity index (χ0) is 27.7. The first-order valence-electron chi connectivity index (χ1n) is 11.9. The molecule has 0 aliphatic carbocycles. The van der Waals surface area contributed by atoms with Crippen molar-refractivity contribution in [1.82, 2.24) is 9.13 Å². The van der Waals surface area contributed by atoms with E-state index in [1.807, 2.05) is 6.92 Å². The first-order chi connectivity index (χ1) is 18.0. The van der Waals surface area contributed by atoms with E-state index in [2.05, 4.69) is 0 Å². The maximum Gasteiger partial charge on any atom is 0.412 e. The number of ether oxygens (including phenoxy) is 1. The van der Waals surface area contributed by atoms with E-state index >= 15 is 0 Å². The van der Waals surface area contributed by atoms with Gasteiger partial charge in [-0.1, -0.05) is 36.5 Å². The summed E-state index contributed by atoms with van der Waals surface area (Å²) >= 11 is 12.4. The average molecular weight is 561 g/mol. The maximum atomic E-state index is 13.6. The van der Waals surface area contributed by atoms with E-state index in [0.29, 0.717) is 28.8 Å². The molecule has 200 valence electrons. The smallest absolute Gasteiger partial charge is 0.412 e. The number of primary amides is 1. The highest BCUT2D eigenvalue weighted by Gasteiger charge is 2.27. The number of aromatic nitrogens is 2. The number of Topliss-reactive ketones (excluding diaryl/α,β-unsaturated/α-hetero) is 1. The first-order valence-corrected chi connectivity index (χ1v) is 12.7. The maximum absolute atomic E-state index is 13.6. The molecule has 3 N–H and O–H groups in total. The molecule has 10 nitrogen and oxygen atoms in total. The van der Waals surface area contributed by atoms with Crippen molar-refractivity contribution in [2.24, 2.45) is 5.73 Å². The van der Waals surface area contributed by atoms with Crippen LogP contribution < -0.4 is 20.9 Å². The number of hydrogen-bond donors (Lipinski definition) is 2. The van der Waals surface area contributed by atoms with Crippen LogP contribution in [0.1, 0.15) is 42.4 Å². The van der Waals surface area contributed by atoms with Crippen molar-refractivity contribution < 1.29 is 24.2 Å². The molecule has 3 heterocycles. The number of fused-ring (bicyclic) bond motifs is 2. The van der Waals surface area contributed by atoms with E-state index in [9.17, 15) is 24.3 Å². The van der Waals surface area contributed by atoms with Gasteiger partial charge in [0.05, 0.1) is 34.3 Å². The number of anilines is 1. The highest BCUT2D eigenvalue weighted by Crippen LogP contribution is 2.38. The standard InChI is InChI=1S/C26H26Cl2N4O6/c1-3-4-9-38-22-16-11-18(27)19(28)12-17(16)25(35)31(24(22)30(2)26(36)37)8-7-21(33)20-6-5-15-10-14(23(29)34)13-32(15)20/h5-6,10-12H,3-4,7-9,13H2,1-2H3,(H2,29,34)(H,36,37). The largest absolute Gasteiger partial charge is 0.489 e. The fraction of sp³-hybridized carbons (Fsp3) is 0.308. The van der Waals surface area contributed by atoms with Crippen molar-refractivity contribution in [1.29, 1.82) is 0 Å². The quantitative estimate of drug-likeness (QED) is 0.275. The van der Waals surface area contributed by atoms with Crippen LogP contribution in [0.15, 0.2) is 34.6 Å². The number of carboxylic acid groups (broad SMARTS) is 1. The molecule has 1 aliphatic rings. The molecule has 0 spiro atoms. The van der Waals surface area contributed by atoms with Gasteiger partial charge in [-0.2, -0.15) is 0 Å². The van der Waals surface area contributed by atoms with Gasteiger partial charge in [0.25, 0.3) is 5.56 Å². The second-order valence-electron chi connectivity index (χ2n) is 8.90. The van der Waals surface area contributed by atoms with Crippen LogP contribution in [0.2, 0.25) is 10.0 Å². The summed E-state index contributed by atoms with van der Waals surface area (Å²) in [6.45, 7) is 2.29. The van der Waals surface area contributed by atoms with Gasteiger partial charge >= 0.3 is 6.09 Å². The number of unbranched alkanes of at least 4 members (excludes halogenated alkanes) is 1. The van der Waals surface area contributed by atoms with Gasteiger partial charge in [-0.15, -0.1) is 0 Å². The molecule has 3 aromatic rings. The Morgan fingerprint density at radius 2 is 1.84 bits per heavy atom. The summed E-state index contributed by atoms with van der Waals surface area (Å²) in [5, 5.41) is 10.6. The van der Waals surface area contributed by atoms with Crippen molar-refractivity contribution in [3.05, 3.63) is 61.6 Å². The highest BCUT2D eigenvalue weighted by atomic mass is 35.5. The van der Waals surface area contributed by atoms with E-state index in [1.54, 1.807) is 22.8 Å². The molecule has 1 aromatic carbocycles. The molecule has 38 heavy (non-hydrogen) atoms. The normalized spacial score (nSPS) is 12.4. The Bertz CT molecular complexity index is 1560. The molecule has 0 unspecified atom stereocenters. The third-order valence-electron chi connectivity index (χ3n) is 6.42. The number of nitrogens with zero attached hydrogens (tertiary/aromatic N) is 3. The monoisotopic (exact) mass is 560 g/mol. The van der Waals surface area contributed by atoms with Crippen LogP contribution in [0.4, 0.5) is 10.6 Å². The Kier molecular flexibility index (Phi) is 7.84. The summed E-state index contributed by atoms with van der Waals surface area (Å²) in [6.07, 6.45) is 1.70. The van der Waals surface area contributed by atoms with Crippen LogP contribution in [0.3, 0.4) is 0 Å². The first kappa shape index (κ1) is 27.3. The second-order valence-corrected chi connectivity index (χ2v) is 9.72. The van der Waals surface area contributed by atoms with Gasteiger partial charge in [0.15, 0.2) is 17.4 Å². The Labute approximate surface area is 227 Å². The number of nitrogens with two attached hydrogens (primary N) is 1. The highest BCUT2D eigenvalue weighted by molar-refractivity contribution is 6.43. The zero-order valence-electron chi connectivity index (χ0n) is 20.8. The number of carbonyl (C=O) groups is 3. The van der Waals surface area contributed by atoms with Crippen LogP contribution in [-0.4, -0.2) is 45.7 Å². The molecule has 0 bridgehead atoms. The summed E-state index contributed by atoms with van der Waals surface area (Å²) in [5.74, 6) is -0.724. The fourth-order valence-corrected chi connectivity index (χ4v) is 4.73. The summed E-state index contributed by atoms with van der Waals surface area (Å²) < 4.78 is 8.91. The number of ketones is 1. The van der Waals surface area contributed by atoms with Gasteiger partial charge < -0.3 is 20.1 Å². The fourth-order valence-electron chi connectivity index (χ4n) is 4.40. The summed E-state index contributed by atoms with van der Waals surface area (Å²) in [4.78, 5) is 51.3. The molecule has 12 heteroatoms. The molecule has 0 fully saturated rings. The average Bonchev–Trinajstić information content (AvgIpc) is 3.46. The van der Waals surface area contributed by atoms with Crippen molar-refractivity contribution in [3.8, 4) is 5.75 Å². The van der Waals surface area contributed by atoms with Crippen LogP contribution >= 0.6 is 23.2 Å².